The number of carbonyl (C=O) groups excluding carboxylic acids is 1. The number of nitrogens with zero attached hydrogens (tertiary/aromatic N) is 2. The molecule has 1 aromatic rings. The molecule has 0 aromatic carbocycles. The maximum absolute atomic E-state index is 11.2. The Kier molecular flexibility index (Phi) is 3.23. The van der Waals surface area contributed by atoms with Crippen LogP contribution in [0.2, 0.25) is 0 Å². The highest BCUT2D eigenvalue weighted by molar-refractivity contribution is 5.97. The summed E-state index contributed by atoms with van der Waals surface area (Å²) in [6.45, 7) is 4.00. The molecule has 0 aliphatic heterocycles. The van der Waals surface area contributed by atoms with Crippen molar-refractivity contribution in [3.8, 4) is 0 Å². The summed E-state index contributed by atoms with van der Waals surface area (Å²) in [4.78, 5) is 11.2. The average molecular weight is 180 g/mol. The Bertz CT molecular complexity index is 302. The Morgan fingerprint density at radius 1 is 1.38 bits per heavy atom. The number of carbonyl (C=O) groups is 1. The molecule has 0 atom stereocenters. The Morgan fingerprint density at radius 2 is 2.08 bits per heavy atom. The highest BCUT2D eigenvalue weighted by atomic mass is 16.1. The topological polar surface area (TPSA) is 34.9 Å². The first-order chi connectivity index (χ1) is 6.29. The van der Waals surface area contributed by atoms with Gasteiger partial charge < -0.3 is 0 Å². The molecule has 0 radical (unpaired) electrons. The highest BCUT2D eigenvalue weighted by Gasteiger charge is 2.19. The molecule has 2 rings (SSSR count). The number of hydrogen-bond donors (Lipinski definition) is 0. The molecule has 13 heavy (non-hydrogen) atoms. The molecule has 72 valence electrons. The van der Waals surface area contributed by atoms with E-state index in [-0.39, 0.29) is 5.78 Å². The van der Waals surface area contributed by atoms with Gasteiger partial charge >= 0.3 is 0 Å². The van der Waals surface area contributed by atoms with Crippen LogP contribution in [0.1, 0.15) is 42.7 Å². The lowest BCUT2D eigenvalue weighted by Crippen LogP contribution is -2.11. The molecule has 0 spiro atoms. The van der Waals surface area contributed by atoms with Gasteiger partial charge in [0.25, 0.3) is 0 Å². The fraction of sp³-hybridized carbons (Fsp3) is 0.600. The molecule has 3 heteroatoms. The second-order valence-electron chi connectivity index (χ2n) is 2.91. The molecule has 1 aromatic heterocycles. The van der Waals surface area contributed by atoms with E-state index in [9.17, 15) is 4.79 Å². The maximum Gasteiger partial charge on any atom is 0.166 e. The van der Waals surface area contributed by atoms with Crippen LogP contribution in [0.25, 0.3) is 0 Å². The summed E-state index contributed by atoms with van der Waals surface area (Å²) in [6.07, 6.45) is 4.35. The van der Waals surface area contributed by atoms with Crippen LogP contribution < -0.4 is 0 Å². The smallest absolute Gasteiger partial charge is 0.166 e. The summed E-state index contributed by atoms with van der Waals surface area (Å²) < 4.78 is 1.80. The zero-order chi connectivity index (χ0) is 9.84. The lowest BCUT2D eigenvalue weighted by molar-refractivity contribution is 0.0972. The number of Topliss-reactive ketones (excluding diaryl/α,β-unsaturated/α-hetero) is 1. The summed E-state index contributed by atoms with van der Waals surface area (Å²) in [5.41, 5.74) is 1.93. The molecule has 3 nitrogen and oxygen atoms in total. The van der Waals surface area contributed by atoms with Gasteiger partial charge in [0.15, 0.2) is 5.78 Å². The zero-order valence-electron chi connectivity index (χ0n) is 8.50. The van der Waals surface area contributed by atoms with Crippen molar-refractivity contribution in [1.29, 1.82) is 0 Å². The summed E-state index contributed by atoms with van der Waals surface area (Å²) >= 11 is 0. The van der Waals surface area contributed by atoms with E-state index in [1.807, 2.05) is 20.9 Å². The monoisotopic (exact) mass is 180 g/mol. The molecule has 0 saturated heterocycles. The van der Waals surface area contributed by atoms with E-state index in [2.05, 4.69) is 5.10 Å². The number of aromatic nitrogens is 2. The van der Waals surface area contributed by atoms with Gasteiger partial charge in [0.2, 0.25) is 0 Å². The fourth-order valence-corrected chi connectivity index (χ4v) is 1.54. The van der Waals surface area contributed by atoms with Crippen molar-refractivity contribution in [1.82, 2.24) is 9.78 Å². The molecular formula is C10H16N2O. The lowest BCUT2D eigenvalue weighted by atomic mass is 9.97. The van der Waals surface area contributed by atoms with Crippen molar-refractivity contribution in [2.45, 2.75) is 33.1 Å². The third kappa shape index (κ3) is 1.79. The van der Waals surface area contributed by atoms with Gasteiger partial charge in [0.1, 0.15) is 0 Å². The van der Waals surface area contributed by atoms with Gasteiger partial charge in [-0.2, -0.15) is 5.10 Å². The van der Waals surface area contributed by atoms with Gasteiger partial charge in [-0.25, -0.2) is 0 Å². The van der Waals surface area contributed by atoms with Crippen molar-refractivity contribution >= 4 is 5.78 Å². The van der Waals surface area contributed by atoms with Crippen LogP contribution in [0.3, 0.4) is 0 Å². The average Bonchev–Trinajstić information content (AvgIpc) is 2.53. The molecule has 0 amide bonds. The Labute approximate surface area is 78.8 Å². The number of fused-ring (bicyclic) bond motifs is 1. The number of rotatable bonds is 0. The first kappa shape index (κ1) is 9.96. The van der Waals surface area contributed by atoms with Crippen LogP contribution in [0.15, 0.2) is 6.20 Å². The predicted molar refractivity (Wildman–Crippen MR) is 51.8 cm³/mol. The summed E-state index contributed by atoms with van der Waals surface area (Å²) in [5, 5.41) is 4.04. The zero-order valence-corrected chi connectivity index (χ0v) is 8.50. The van der Waals surface area contributed by atoms with Crippen molar-refractivity contribution in [3.05, 3.63) is 17.5 Å². The third-order valence-electron chi connectivity index (χ3n) is 2.18. The number of hydrogen-bond acceptors (Lipinski definition) is 2. The van der Waals surface area contributed by atoms with E-state index in [4.69, 9.17) is 0 Å². The Balaban J connectivity index is 0.000000396. The van der Waals surface area contributed by atoms with Gasteiger partial charge in [0, 0.05) is 19.2 Å². The molecule has 0 bridgehead atoms. The molecule has 1 heterocycles. The van der Waals surface area contributed by atoms with E-state index in [1.165, 1.54) is 0 Å². The van der Waals surface area contributed by atoms with E-state index < -0.39 is 0 Å². The van der Waals surface area contributed by atoms with Crippen LogP contribution in [-0.2, 0) is 13.5 Å². The second kappa shape index (κ2) is 4.21. The largest absolute Gasteiger partial charge is 0.294 e. The quantitative estimate of drug-likeness (QED) is 0.611. The molecule has 0 N–H and O–H groups in total. The summed E-state index contributed by atoms with van der Waals surface area (Å²) in [6, 6.07) is 0. The van der Waals surface area contributed by atoms with E-state index in [0.717, 1.165) is 24.1 Å². The maximum atomic E-state index is 11.2. The normalized spacial score (nSPS) is 14.5. The summed E-state index contributed by atoms with van der Waals surface area (Å²) in [7, 11) is 1.89. The number of aryl methyl sites for hydroxylation is 1. The van der Waals surface area contributed by atoms with E-state index in [1.54, 1.807) is 10.9 Å². The first-order valence-corrected chi connectivity index (χ1v) is 4.83. The predicted octanol–water partition coefficient (Wildman–Crippen LogP) is 1.97. The molecule has 0 fully saturated rings. The van der Waals surface area contributed by atoms with Crippen LogP contribution in [0.5, 0.6) is 0 Å². The Morgan fingerprint density at radius 3 is 2.69 bits per heavy atom. The van der Waals surface area contributed by atoms with Crippen LogP contribution >= 0.6 is 0 Å². The number of ketones is 1. The van der Waals surface area contributed by atoms with Crippen LogP contribution in [0.4, 0.5) is 0 Å². The third-order valence-corrected chi connectivity index (χ3v) is 2.18. The second-order valence-corrected chi connectivity index (χ2v) is 2.91. The van der Waals surface area contributed by atoms with Crippen molar-refractivity contribution in [2.75, 3.05) is 0 Å². The fourth-order valence-electron chi connectivity index (χ4n) is 1.54. The highest BCUT2D eigenvalue weighted by Crippen LogP contribution is 2.19. The molecule has 0 unspecified atom stereocenters. The van der Waals surface area contributed by atoms with Gasteiger partial charge in [-0.05, 0) is 12.8 Å². The minimum Gasteiger partial charge on any atom is -0.294 e. The van der Waals surface area contributed by atoms with Gasteiger partial charge in [-0.1, -0.05) is 13.8 Å². The molecule has 1 aliphatic rings. The van der Waals surface area contributed by atoms with Crippen molar-refractivity contribution < 1.29 is 4.79 Å². The van der Waals surface area contributed by atoms with Crippen molar-refractivity contribution in [2.24, 2.45) is 7.05 Å². The van der Waals surface area contributed by atoms with Crippen molar-refractivity contribution in [3.63, 3.8) is 0 Å². The van der Waals surface area contributed by atoms with E-state index in [0.29, 0.717) is 6.42 Å². The Hall–Kier alpha value is -1.12. The van der Waals surface area contributed by atoms with Gasteiger partial charge in [-0.15, -0.1) is 0 Å². The van der Waals surface area contributed by atoms with Gasteiger partial charge in [-0.3, -0.25) is 9.48 Å². The SMILES string of the molecule is CC.Cn1ncc2c1CCCC2=O. The van der Waals surface area contributed by atoms with E-state index >= 15 is 0 Å². The minimum atomic E-state index is 0.249. The molecular weight excluding hydrogens is 164 g/mol. The molecule has 0 saturated carbocycles. The van der Waals surface area contributed by atoms with Gasteiger partial charge in [0.05, 0.1) is 11.8 Å². The minimum absolute atomic E-state index is 0.249. The van der Waals surface area contributed by atoms with Crippen LogP contribution in [-0.4, -0.2) is 15.6 Å². The lowest BCUT2D eigenvalue weighted by Gasteiger charge is -2.09. The summed E-state index contributed by atoms with van der Waals surface area (Å²) in [5.74, 6) is 0.249. The standard InChI is InChI=1S/C8H10N2O.C2H6/c1-10-7-3-2-4-8(11)6(7)5-9-10;1-2/h5H,2-4H2,1H3;1-2H3. The van der Waals surface area contributed by atoms with Crippen LogP contribution in [0, 0.1) is 0 Å². The molecule has 1 aliphatic carbocycles. The first-order valence-electron chi connectivity index (χ1n) is 4.83.